The first-order valence-electron chi connectivity index (χ1n) is 8.05. The van der Waals surface area contributed by atoms with E-state index in [1.807, 2.05) is 6.07 Å². The molecule has 0 fully saturated rings. The van der Waals surface area contributed by atoms with Crippen molar-refractivity contribution >= 4 is 57.2 Å². The molecule has 0 bridgehead atoms. The number of aromatic nitrogens is 3. The summed E-state index contributed by atoms with van der Waals surface area (Å²) in [4.78, 5) is 29.3. The average Bonchev–Trinajstić information content (AvgIpc) is 2.94. The topological polar surface area (TPSA) is 64.3 Å². The Labute approximate surface area is 177 Å². The summed E-state index contributed by atoms with van der Waals surface area (Å²) in [6, 6.07) is 12.1. The van der Waals surface area contributed by atoms with Gasteiger partial charge in [0.1, 0.15) is 5.69 Å². The standard InChI is InChI=1S/C19H10Cl3N3O2S/c20-12-6-5-11(14(22)9-12)8-16-18(27)25-19(28-16)23-17(26)15(24-25)7-10-3-1-2-4-13(10)21/h1-6,8-9H,7H2/b16-8+. The van der Waals surface area contributed by atoms with Crippen molar-refractivity contribution in [3.63, 3.8) is 0 Å². The summed E-state index contributed by atoms with van der Waals surface area (Å²) in [5, 5.41) is 5.65. The number of hydrogen-bond donors (Lipinski definition) is 0. The van der Waals surface area contributed by atoms with Crippen LogP contribution in [0.4, 0.5) is 0 Å². The summed E-state index contributed by atoms with van der Waals surface area (Å²) in [7, 11) is 0. The van der Waals surface area contributed by atoms with Crippen molar-refractivity contribution in [1.29, 1.82) is 0 Å². The molecule has 140 valence electrons. The highest BCUT2D eigenvalue weighted by Gasteiger charge is 2.13. The fourth-order valence-corrected chi connectivity index (χ4v) is 4.19. The number of benzene rings is 2. The number of rotatable bonds is 3. The van der Waals surface area contributed by atoms with E-state index in [1.54, 1.807) is 42.5 Å². The molecule has 0 atom stereocenters. The molecule has 2 aromatic carbocycles. The number of hydrogen-bond acceptors (Lipinski definition) is 5. The van der Waals surface area contributed by atoms with E-state index in [2.05, 4.69) is 10.1 Å². The first-order valence-corrected chi connectivity index (χ1v) is 10.0. The number of nitrogens with zero attached hydrogens (tertiary/aromatic N) is 3. The lowest BCUT2D eigenvalue weighted by Gasteiger charge is -2.02. The van der Waals surface area contributed by atoms with Gasteiger partial charge in [-0.25, -0.2) is 0 Å². The van der Waals surface area contributed by atoms with Crippen LogP contribution < -0.4 is 15.7 Å². The average molecular weight is 451 g/mol. The number of fused-ring (bicyclic) bond motifs is 1. The first-order chi connectivity index (χ1) is 13.4. The van der Waals surface area contributed by atoms with Gasteiger partial charge >= 0.3 is 0 Å². The Morgan fingerprint density at radius 2 is 1.82 bits per heavy atom. The minimum absolute atomic E-state index is 0.150. The number of thiazole rings is 1. The fraction of sp³-hybridized carbons (Fsp3) is 0.0526. The van der Waals surface area contributed by atoms with Crippen molar-refractivity contribution in [1.82, 2.24) is 14.6 Å². The van der Waals surface area contributed by atoms with Crippen molar-refractivity contribution in [2.45, 2.75) is 6.42 Å². The Hall–Kier alpha value is -2.25. The normalized spacial score (nSPS) is 12.0. The summed E-state index contributed by atoms with van der Waals surface area (Å²) in [5.74, 6) is 0. The lowest BCUT2D eigenvalue weighted by Crippen LogP contribution is -2.28. The summed E-state index contributed by atoms with van der Waals surface area (Å²) in [5.41, 5.74) is 0.652. The maximum atomic E-state index is 12.7. The van der Waals surface area contributed by atoms with Gasteiger partial charge < -0.3 is 0 Å². The minimum atomic E-state index is -0.489. The second kappa shape index (κ2) is 7.64. The van der Waals surface area contributed by atoms with Gasteiger partial charge in [-0.15, -0.1) is 0 Å². The SMILES string of the molecule is O=c1nc2s/c(=C/c3ccc(Cl)cc3Cl)c(=O)n2nc1Cc1ccccc1Cl. The fourth-order valence-electron chi connectivity index (χ4n) is 2.63. The van der Waals surface area contributed by atoms with Gasteiger partial charge in [-0.1, -0.05) is 70.4 Å². The van der Waals surface area contributed by atoms with Crippen LogP contribution in [0, 0.1) is 0 Å². The van der Waals surface area contributed by atoms with Gasteiger partial charge in [0, 0.05) is 21.5 Å². The summed E-state index contributed by atoms with van der Waals surface area (Å²) in [6.45, 7) is 0. The molecule has 0 aliphatic heterocycles. The molecule has 0 aliphatic carbocycles. The second-order valence-corrected chi connectivity index (χ2v) is 8.17. The van der Waals surface area contributed by atoms with Gasteiger partial charge in [0.05, 0.1) is 4.53 Å². The molecular weight excluding hydrogens is 441 g/mol. The van der Waals surface area contributed by atoms with Crippen molar-refractivity contribution in [2.24, 2.45) is 0 Å². The predicted octanol–water partition coefficient (Wildman–Crippen LogP) is 3.61. The van der Waals surface area contributed by atoms with Crippen molar-refractivity contribution in [2.75, 3.05) is 0 Å². The van der Waals surface area contributed by atoms with E-state index in [1.165, 1.54) is 0 Å². The Balaban J connectivity index is 1.84. The van der Waals surface area contributed by atoms with Gasteiger partial charge in [0.25, 0.3) is 11.1 Å². The monoisotopic (exact) mass is 449 g/mol. The third kappa shape index (κ3) is 3.69. The molecule has 0 aliphatic rings. The van der Waals surface area contributed by atoms with Gasteiger partial charge in [-0.2, -0.15) is 14.6 Å². The van der Waals surface area contributed by atoms with Gasteiger partial charge in [-0.05, 0) is 35.4 Å². The Bertz CT molecular complexity index is 1380. The molecule has 0 N–H and O–H groups in total. The van der Waals surface area contributed by atoms with E-state index in [4.69, 9.17) is 34.8 Å². The van der Waals surface area contributed by atoms with Crippen LogP contribution >= 0.6 is 46.1 Å². The van der Waals surface area contributed by atoms with Crippen LogP contribution in [0.3, 0.4) is 0 Å². The van der Waals surface area contributed by atoms with Crippen LogP contribution in [0.15, 0.2) is 52.1 Å². The van der Waals surface area contributed by atoms with E-state index in [0.717, 1.165) is 21.4 Å². The van der Waals surface area contributed by atoms with Crippen molar-refractivity contribution < 1.29 is 0 Å². The zero-order valence-electron chi connectivity index (χ0n) is 14.0. The molecular formula is C19H10Cl3N3O2S. The van der Waals surface area contributed by atoms with Crippen LogP contribution in [0.2, 0.25) is 15.1 Å². The van der Waals surface area contributed by atoms with Gasteiger partial charge in [-0.3, -0.25) is 9.59 Å². The highest BCUT2D eigenvalue weighted by molar-refractivity contribution is 7.15. The predicted molar refractivity (Wildman–Crippen MR) is 113 cm³/mol. The van der Waals surface area contributed by atoms with Gasteiger partial charge in [0.15, 0.2) is 0 Å². The van der Waals surface area contributed by atoms with E-state index in [-0.39, 0.29) is 22.6 Å². The lowest BCUT2D eigenvalue weighted by atomic mass is 10.1. The van der Waals surface area contributed by atoms with Gasteiger partial charge in [0.2, 0.25) is 4.96 Å². The quantitative estimate of drug-likeness (QED) is 0.478. The maximum absolute atomic E-state index is 12.7. The van der Waals surface area contributed by atoms with Crippen molar-refractivity contribution in [3.8, 4) is 0 Å². The van der Waals surface area contributed by atoms with E-state index >= 15 is 0 Å². The van der Waals surface area contributed by atoms with Crippen LogP contribution in [0.25, 0.3) is 11.0 Å². The first kappa shape index (κ1) is 19.1. The third-order valence-corrected chi connectivity index (χ3v) is 5.91. The highest BCUT2D eigenvalue weighted by atomic mass is 35.5. The zero-order chi connectivity index (χ0) is 19.8. The molecule has 0 unspecified atom stereocenters. The molecule has 2 aromatic heterocycles. The Morgan fingerprint density at radius 1 is 1.04 bits per heavy atom. The Kier molecular flexibility index (Phi) is 5.21. The molecule has 4 aromatic rings. The van der Waals surface area contributed by atoms with Crippen LogP contribution in [-0.4, -0.2) is 14.6 Å². The maximum Gasteiger partial charge on any atom is 0.296 e. The molecule has 0 saturated carbocycles. The summed E-state index contributed by atoms with van der Waals surface area (Å²) in [6.07, 6.45) is 1.81. The molecule has 9 heteroatoms. The van der Waals surface area contributed by atoms with Crippen LogP contribution in [-0.2, 0) is 6.42 Å². The summed E-state index contributed by atoms with van der Waals surface area (Å²) < 4.78 is 1.49. The van der Waals surface area contributed by atoms with E-state index in [9.17, 15) is 9.59 Å². The number of halogens is 3. The zero-order valence-corrected chi connectivity index (χ0v) is 17.1. The minimum Gasteiger partial charge on any atom is -0.266 e. The molecule has 0 saturated heterocycles. The Morgan fingerprint density at radius 3 is 2.57 bits per heavy atom. The van der Waals surface area contributed by atoms with Crippen molar-refractivity contribution in [3.05, 3.63) is 99.6 Å². The third-order valence-electron chi connectivity index (χ3n) is 4.02. The van der Waals surface area contributed by atoms with E-state index < -0.39 is 5.56 Å². The lowest BCUT2D eigenvalue weighted by molar-refractivity contribution is 0.811. The molecule has 0 radical (unpaired) electrons. The molecule has 0 amide bonds. The largest absolute Gasteiger partial charge is 0.296 e. The van der Waals surface area contributed by atoms with E-state index in [0.29, 0.717) is 25.2 Å². The molecule has 28 heavy (non-hydrogen) atoms. The molecule has 2 heterocycles. The highest BCUT2D eigenvalue weighted by Crippen LogP contribution is 2.21. The molecule has 4 rings (SSSR count). The molecule has 0 spiro atoms. The molecule has 5 nitrogen and oxygen atoms in total. The van der Waals surface area contributed by atoms with Crippen LogP contribution in [0.5, 0.6) is 0 Å². The smallest absolute Gasteiger partial charge is 0.266 e. The second-order valence-electron chi connectivity index (χ2n) is 5.91. The summed E-state index contributed by atoms with van der Waals surface area (Å²) >= 11 is 19.3. The van der Waals surface area contributed by atoms with Crippen LogP contribution in [0.1, 0.15) is 16.8 Å².